The molecule has 0 radical (unpaired) electrons. The molecular formula is C7H17LiO3P+. The van der Waals surface area contributed by atoms with Crippen molar-refractivity contribution in [1.82, 2.24) is 0 Å². The first-order valence-electron chi connectivity index (χ1n) is 3.56. The molecule has 3 nitrogen and oxygen atoms in total. The predicted molar refractivity (Wildman–Crippen MR) is 46.0 cm³/mol. The Hall–Kier alpha value is 0.617. The van der Waals surface area contributed by atoms with Gasteiger partial charge in [0.2, 0.25) is 0 Å². The van der Waals surface area contributed by atoms with Gasteiger partial charge in [0, 0.05) is 4.57 Å². The first-order valence-corrected chi connectivity index (χ1v) is 4.72. The van der Waals surface area contributed by atoms with E-state index >= 15 is 0 Å². The number of hydrogen-bond acceptors (Lipinski definition) is 1. The molecule has 0 rings (SSSR count). The molecule has 0 saturated heterocycles. The summed E-state index contributed by atoms with van der Waals surface area (Å²) < 4.78 is 8.70. The summed E-state index contributed by atoms with van der Waals surface area (Å²) in [7, 11) is -2.87. The maximum Gasteiger partial charge on any atom is 1.00 e. The molecule has 12 heavy (non-hydrogen) atoms. The van der Waals surface area contributed by atoms with E-state index in [4.69, 9.17) is 14.4 Å². The molecular weight excluding hydrogens is 170 g/mol. The minimum absolute atomic E-state index is 0. The molecule has 2 N–H and O–H groups in total. The van der Waals surface area contributed by atoms with E-state index < -0.39 is 8.25 Å². The van der Waals surface area contributed by atoms with Crippen LogP contribution in [0.15, 0.2) is 0 Å². The summed E-state index contributed by atoms with van der Waals surface area (Å²) in [5, 5.41) is 0. The molecule has 0 amide bonds. The summed E-state index contributed by atoms with van der Waals surface area (Å²) in [5.74, 6) is 1.50. The average Bonchev–Trinajstić information content (AvgIpc) is 1.56. The molecule has 0 aromatic rings. The van der Waals surface area contributed by atoms with E-state index in [1.807, 2.05) is 0 Å². The molecule has 0 spiro atoms. The average molecular weight is 187 g/mol. The summed E-state index contributed by atoms with van der Waals surface area (Å²) in [4.78, 5) is 14.2. The van der Waals surface area contributed by atoms with Gasteiger partial charge in [-0.2, -0.15) is 11.8 Å². The summed E-state index contributed by atoms with van der Waals surface area (Å²) in [6.45, 7) is 8.83. The molecule has 0 bridgehead atoms. The van der Waals surface area contributed by atoms with Crippen LogP contribution in [0.1, 0.15) is 27.7 Å². The van der Waals surface area contributed by atoms with Crippen molar-refractivity contribution in [3.05, 3.63) is 6.42 Å². The van der Waals surface area contributed by atoms with Crippen LogP contribution in [0.25, 0.3) is 0 Å². The van der Waals surface area contributed by atoms with Gasteiger partial charge < -0.3 is 6.42 Å². The van der Waals surface area contributed by atoms with Crippen LogP contribution in [0, 0.1) is 18.3 Å². The third-order valence-electron chi connectivity index (χ3n) is 0.770. The van der Waals surface area contributed by atoms with Gasteiger partial charge in [-0.25, -0.2) is 0 Å². The summed E-state index contributed by atoms with van der Waals surface area (Å²) in [6, 6.07) is 0. The Morgan fingerprint density at radius 3 is 1.25 bits per heavy atom. The smallest absolute Gasteiger partial charge is 0.323 e. The maximum absolute atomic E-state index is 8.70. The second-order valence-corrected chi connectivity index (χ2v) is 3.44. The molecule has 0 aliphatic rings. The summed E-state index contributed by atoms with van der Waals surface area (Å²) in [5.41, 5.74) is 0. The largest absolute Gasteiger partial charge is 1.00 e. The first-order chi connectivity index (χ1) is 4.86. The Kier molecular flexibility index (Phi) is 17.8. The van der Waals surface area contributed by atoms with Gasteiger partial charge >= 0.3 is 27.1 Å². The Balaban J connectivity index is -0.000000142. The topological polar surface area (TPSA) is 57.5 Å². The molecule has 0 atom stereocenters. The standard InChI is InChI=1S/C7H15.Li.HO3P/c1-6(2)5-7(3)4;;1-4(2)3/h5-7H,1-4H3;;(H-,1,2,3)/q-1;+1;/p+1. The quantitative estimate of drug-likeness (QED) is 0.336. The van der Waals surface area contributed by atoms with E-state index in [2.05, 4.69) is 34.1 Å². The van der Waals surface area contributed by atoms with Crippen LogP contribution in [0.5, 0.6) is 0 Å². The molecule has 0 saturated carbocycles. The first kappa shape index (κ1) is 18.4. The van der Waals surface area contributed by atoms with Gasteiger partial charge in [0.25, 0.3) is 0 Å². The van der Waals surface area contributed by atoms with Crippen molar-refractivity contribution < 1.29 is 33.2 Å². The van der Waals surface area contributed by atoms with Gasteiger partial charge in [0.05, 0.1) is 0 Å². The second kappa shape index (κ2) is 11.6. The van der Waals surface area contributed by atoms with Gasteiger partial charge in [-0.05, 0) is 0 Å². The van der Waals surface area contributed by atoms with Gasteiger partial charge in [0.15, 0.2) is 0 Å². The summed E-state index contributed by atoms with van der Waals surface area (Å²) >= 11 is 0. The maximum atomic E-state index is 8.70. The number of hydrogen-bond donors (Lipinski definition) is 2. The van der Waals surface area contributed by atoms with Crippen LogP contribution < -0.4 is 18.9 Å². The minimum Gasteiger partial charge on any atom is -0.323 e. The molecule has 5 heteroatoms. The van der Waals surface area contributed by atoms with E-state index in [-0.39, 0.29) is 18.9 Å². The van der Waals surface area contributed by atoms with Crippen molar-refractivity contribution in [2.24, 2.45) is 11.8 Å². The fourth-order valence-electron chi connectivity index (χ4n) is 0.770. The zero-order valence-electron chi connectivity index (χ0n) is 8.48. The molecule has 0 aliphatic heterocycles. The third-order valence-corrected chi connectivity index (χ3v) is 0.770. The van der Waals surface area contributed by atoms with Crippen molar-refractivity contribution >= 4 is 8.25 Å². The zero-order chi connectivity index (χ0) is 9.44. The van der Waals surface area contributed by atoms with E-state index in [1.165, 1.54) is 0 Å². The van der Waals surface area contributed by atoms with Crippen molar-refractivity contribution in [2.75, 3.05) is 0 Å². The molecule has 68 valence electrons. The van der Waals surface area contributed by atoms with Crippen molar-refractivity contribution in [2.45, 2.75) is 27.7 Å². The van der Waals surface area contributed by atoms with E-state index in [0.29, 0.717) is 0 Å². The molecule has 0 heterocycles. The predicted octanol–water partition coefficient (Wildman–Crippen LogP) is -0.865. The number of rotatable bonds is 2. The van der Waals surface area contributed by atoms with E-state index in [1.54, 1.807) is 0 Å². The van der Waals surface area contributed by atoms with Crippen molar-refractivity contribution in [1.29, 1.82) is 0 Å². The van der Waals surface area contributed by atoms with Crippen LogP contribution in [0.3, 0.4) is 0 Å². The fourth-order valence-corrected chi connectivity index (χ4v) is 0.770. The second-order valence-electron chi connectivity index (χ2n) is 2.93. The summed E-state index contributed by atoms with van der Waals surface area (Å²) in [6.07, 6.45) is 2.33. The van der Waals surface area contributed by atoms with Crippen molar-refractivity contribution in [3.63, 3.8) is 0 Å². The van der Waals surface area contributed by atoms with Crippen LogP contribution in [0.4, 0.5) is 0 Å². The Labute approximate surface area is 87.7 Å². The van der Waals surface area contributed by atoms with Crippen LogP contribution in [-0.2, 0) is 4.57 Å². The third kappa shape index (κ3) is 46.1. The Bertz CT molecular complexity index is 96.8. The van der Waals surface area contributed by atoms with Crippen LogP contribution in [0.2, 0.25) is 0 Å². The zero-order valence-corrected chi connectivity index (χ0v) is 9.38. The van der Waals surface area contributed by atoms with Crippen LogP contribution in [-0.4, -0.2) is 9.79 Å². The van der Waals surface area contributed by atoms with E-state index in [9.17, 15) is 0 Å². The van der Waals surface area contributed by atoms with Gasteiger partial charge in [-0.3, -0.25) is 0 Å². The fraction of sp³-hybridized carbons (Fsp3) is 0.857. The molecule has 0 unspecified atom stereocenters. The van der Waals surface area contributed by atoms with Gasteiger partial charge in [-0.1, -0.05) is 27.7 Å². The minimum atomic E-state index is -2.87. The molecule has 0 aliphatic carbocycles. The Morgan fingerprint density at radius 1 is 1.08 bits per heavy atom. The van der Waals surface area contributed by atoms with Crippen LogP contribution >= 0.6 is 8.25 Å². The Morgan fingerprint density at radius 2 is 1.25 bits per heavy atom. The SMILES string of the molecule is CC(C)[CH-]C(C)C.O=[P+](O)O.[Li+]. The monoisotopic (exact) mass is 187 g/mol. The van der Waals surface area contributed by atoms with E-state index in [0.717, 1.165) is 11.8 Å². The molecule has 0 fully saturated rings. The molecule has 0 aromatic carbocycles. The van der Waals surface area contributed by atoms with Crippen molar-refractivity contribution in [3.8, 4) is 0 Å². The normalized spacial score (nSPS) is 8.67. The van der Waals surface area contributed by atoms with Gasteiger partial charge in [0.1, 0.15) is 0 Å². The molecule has 0 aromatic heterocycles. The van der Waals surface area contributed by atoms with Gasteiger partial charge in [-0.15, -0.1) is 9.79 Å².